The highest BCUT2D eigenvalue weighted by Gasteiger charge is 2.06. The van der Waals surface area contributed by atoms with Crippen molar-refractivity contribution < 1.29 is 4.74 Å². The summed E-state index contributed by atoms with van der Waals surface area (Å²) in [4.78, 5) is 5.48. The van der Waals surface area contributed by atoms with Crippen LogP contribution in [0, 0.1) is 0 Å². The van der Waals surface area contributed by atoms with Crippen molar-refractivity contribution in [1.82, 2.24) is 9.88 Å². The maximum Gasteiger partial charge on any atom is 0.120 e. The maximum absolute atomic E-state index is 5.90. The van der Waals surface area contributed by atoms with Gasteiger partial charge >= 0.3 is 0 Å². The van der Waals surface area contributed by atoms with E-state index in [0.717, 1.165) is 17.8 Å². The van der Waals surface area contributed by atoms with Gasteiger partial charge in [0.1, 0.15) is 12.4 Å². The molecule has 0 atom stereocenters. The van der Waals surface area contributed by atoms with Gasteiger partial charge in [-0.15, -0.1) is 0 Å². The van der Waals surface area contributed by atoms with E-state index in [-0.39, 0.29) is 0 Å². The molecule has 3 nitrogen and oxygen atoms in total. The van der Waals surface area contributed by atoms with E-state index in [1.54, 1.807) is 0 Å². The molecule has 1 heterocycles. The first-order valence-corrected chi connectivity index (χ1v) is 8.14. The van der Waals surface area contributed by atoms with Gasteiger partial charge in [0.15, 0.2) is 0 Å². The highest BCUT2D eigenvalue weighted by Crippen LogP contribution is 2.25. The average Bonchev–Trinajstić information content (AvgIpc) is 2.97. The number of nitrogens with zero attached hydrogens (tertiary/aromatic N) is 1. The molecule has 0 aliphatic rings. The summed E-state index contributed by atoms with van der Waals surface area (Å²) in [5.74, 6) is 0.908. The van der Waals surface area contributed by atoms with Gasteiger partial charge in [0.2, 0.25) is 0 Å². The molecule has 0 aliphatic heterocycles. The van der Waals surface area contributed by atoms with E-state index in [4.69, 9.17) is 4.74 Å². The van der Waals surface area contributed by atoms with Crippen molar-refractivity contribution in [2.24, 2.45) is 0 Å². The van der Waals surface area contributed by atoms with Gasteiger partial charge in [-0.05, 0) is 43.4 Å². The largest absolute Gasteiger partial charge is 0.489 e. The van der Waals surface area contributed by atoms with Crippen LogP contribution in [0.15, 0.2) is 54.7 Å². The topological polar surface area (TPSA) is 28.3 Å². The van der Waals surface area contributed by atoms with Crippen molar-refractivity contribution in [2.45, 2.75) is 27.0 Å². The SMILES string of the molecule is CC.CN(C)Cc1c[nH]c2ccc(OCc3ccccc3)cc12. The highest BCUT2D eigenvalue weighted by atomic mass is 16.5. The summed E-state index contributed by atoms with van der Waals surface area (Å²) in [7, 11) is 4.16. The number of fused-ring (bicyclic) bond motifs is 1. The quantitative estimate of drug-likeness (QED) is 0.730. The third-order valence-corrected chi connectivity index (χ3v) is 3.47. The molecule has 0 bridgehead atoms. The van der Waals surface area contributed by atoms with Gasteiger partial charge in [-0.25, -0.2) is 0 Å². The second-order valence-electron chi connectivity index (χ2n) is 5.53. The Balaban J connectivity index is 0.000000924. The summed E-state index contributed by atoms with van der Waals surface area (Å²) in [5, 5.41) is 1.23. The Hall–Kier alpha value is -2.26. The van der Waals surface area contributed by atoms with Crippen molar-refractivity contribution in [3.63, 3.8) is 0 Å². The van der Waals surface area contributed by atoms with E-state index in [9.17, 15) is 0 Å². The maximum atomic E-state index is 5.90. The van der Waals surface area contributed by atoms with Crippen molar-refractivity contribution in [2.75, 3.05) is 14.1 Å². The van der Waals surface area contributed by atoms with Gasteiger partial charge in [0.25, 0.3) is 0 Å². The minimum Gasteiger partial charge on any atom is -0.489 e. The Labute approximate surface area is 138 Å². The molecule has 0 spiro atoms. The van der Waals surface area contributed by atoms with Gasteiger partial charge in [0, 0.05) is 23.6 Å². The molecule has 1 N–H and O–H groups in total. The number of aromatic amines is 1. The van der Waals surface area contributed by atoms with Crippen LogP contribution in [0.2, 0.25) is 0 Å². The standard InChI is InChI=1S/C18H20N2O.C2H6/c1-20(2)12-15-11-19-18-9-8-16(10-17(15)18)21-13-14-6-4-3-5-7-14;1-2/h3-11,19H,12-13H2,1-2H3;1-2H3. The molecule has 3 heteroatoms. The Morgan fingerprint density at radius 2 is 1.74 bits per heavy atom. The van der Waals surface area contributed by atoms with E-state index in [1.807, 2.05) is 38.1 Å². The molecule has 0 radical (unpaired) electrons. The van der Waals surface area contributed by atoms with Crippen LogP contribution in [0.5, 0.6) is 5.75 Å². The lowest BCUT2D eigenvalue weighted by molar-refractivity contribution is 0.306. The molecule has 0 aliphatic carbocycles. The number of hydrogen-bond donors (Lipinski definition) is 1. The second-order valence-corrected chi connectivity index (χ2v) is 5.53. The van der Waals surface area contributed by atoms with Crippen molar-refractivity contribution in [1.29, 1.82) is 0 Å². The highest BCUT2D eigenvalue weighted by molar-refractivity contribution is 5.84. The summed E-state index contributed by atoms with van der Waals surface area (Å²) in [6.07, 6.45) is 2.08. The molecule has 2 aromatic carbocycles. The van der Waals surface area contributed by atoms with Crippen LogP contribution in [0.4, 0.5) is 0 Å². The lowest BCUT2D eigenvalue weighted by atomic mass is 10.1. The molecule has 0 saturated heterocycles. The first-order valence-electron chi connectivity index (χ1n) is 8.14. The molecule has 3 rings (SSSR count). The first kappa shape index (κ1) is 17.1. The fraction of sp³-hybridized carbons (Fsp3) is 0.300. The zero-order valence-corrected chi connectivity index (χ0v) is 14.5. The first-order chi connectivity index (χ1) is 11.2. The van der Waals surface area contributed by atoms with Gasteiger partial charge in [-0.2, -0.15) is 0 Å². The smallest absolute Gasteiger partial charge is 0.120 e. The summed E-state index contributed by atoms with van der Waals surface area (Å²) < 4.78 is 5.90. The zero-order valence-electron chi connectivity index (χ0n) is 14.5. The molecule has 0 unspecified atom stereocenters. The molecule has 23 heavy (non-hydrogen) atoms. The van der Waals surface area contributed by atoms with Crippen LogP contribution in [0.3, 0.4) is 0 Å². The van der Waals surface area contributed by atoms with Crippen molar-refractivity contribution in [3.05, 3.63) is 65.9 Å². The van der Waals surface area contributed by atoms with E-state index in [1.165, 1.54) is 16.5 Å². The van der Waals surface area contributed by atoms with Crippen LogP contribution in [-0.2, 0) is 13.2 Å². The molecule has 1 aromatic heterocycles. The molecular formula is C20H26N2O. The Morgan fingerprint density at radius 1 is 1.00 bits per heavy atom. The van der Waals surface area contributed by atoms with Gasteiger partial charge in [0.05, 0.1) is 0 Å². The Bertz CT molecular complexity index is 717. The lowest BCUT2D eigenvalue weighted by Crippen LogP contribution is -2.10. The summed E-state index contributed by atoms with van der Waals surface area (Å²) in [6, 6.07) is 16.4. The van der Waals surface area contributed by atoms with Gasteiger partial charge in [-0.1, -0.05) is 44.2 Å². The second kappa shape index (κ2) is 8.39. The number of benzene rings is 2. The van der Waals surface area contributed by atoms with Crippen molar-refractivity contribution >= 4 is 10.9 Å². The van der Waals surface area contributed by atoms with E-state index >= 15 is 0 Å². The third kappa shape index (κ3) is 4.60. The Morgan fingerprint density at radius 3 is 2.43 bits per heavy atom. The number of nitrogens with one attached hydrogen (secondary N) is 1. The summed E-state index contributed by atoms with van der Waals surface area (Å²) in [6.45, 7) is 5.52. The van der Waals surface area contributed by atoms with E-state index < -0.39 is 0 Å². The monoisotopic (exact) mass is 310 g/mol. The number of ether oxygens (including phenoxy) is 1. The third-order valence-electron chi connectivity index (χ3n) is 3.47. The minimum atomic E-state index is 0.597. The Kier molecular flexibility index (Phi) is 6.24. The summed E-state index contributed by atoms with van der Waals surface area (Å²) >= 11 is 0. The fourth-order valence-electron chi connectivity index (χ4n) is 2.46. The molecule has 0 fully saturated rings. The molecular weight excluding hydrogens is 284 g/mol. The van der Waals surface area contributed by atoms with Crippen molar-refractivity contribution in [3.8, 4) is 5.75 Å². The van der Waals surface area contributed by atoms with Crippen LogP contribution >= 0.6 is 0 Å². The van der Waals surface area contributed by atoms with Gasteiger partial charge in [-0.3, -0.25) is 0 Å². The number of rotatable bonds is 5. The van der Waals surface area contributed by atoms with E-state index in [2.05, 4.69) is 54.4 Å². The van der Waals surface area contributed by atoms with Crippen LogP contribution in [0.1, 0.15) is 25.0 Å². The number of aromatic nitrogens is 1. The predicted octanol–water partition coefficient (Wildman–Crippen LogP) is 4.83. The molecule has 0 saturated carbocycles. The molecule has 3 aromatic rings. The fourth-order valence-corrected chi connectivity index (χ4v) is 2.46. The minimum absolute atomic E-state index is 0.597. The zero-order chi connectivity index (χ0) is 16.7. The number of hydrogen-bond acceptors (Lipinski definition) is 2. The van der Waals surface area contributed by atoms with Crippen LogP contribution < -0.4 is 4.74 Å². The average molecular weight is 310 g/mol. The predicted molar refractivity (Wildman–Crippen MR) is 97.8 cm³/mol. The van der Waals surface area contributed by atoms with Crippen LogP contribution in [-0.4, -0.2) is 24.0 Å². The molecule has 0 amide bonds. The molecule has 122 valence electrons. The van der Waals surface area contributed by atoms with Gasteiger partial charge < -0.3 is 14.6 Å². The number of H-pyrrole nitrogens is 1. The normalized spacial score (nSPS) is 10.5. The van der Waals surface area contributed by atoms with E-state index in [0.29, 0.717) is 6.61 Å². The van der Waals surface area contributed by atoms with Crippen LogP contribution in [0.25, 0.3) is 10.9 Å². The lowest BCUT2D eigenvalue weighted by Gasteiger charge is -2.09. The summed E-state index contributed by atoms with van der Waals surface area (Å²) in [5.41, 5.74) is 3.62.